The first-order chi connectivity index (χ1) is 12.7. The summed E-state index contributed by atoms with van der Waals surface area (Å²) in [5.74, 6) is 1.67. The zero-order chi connectivity index (χ0) is 18.4. The monoisotopic (exact) mass is 377 g/mol. The first kappa shape index (κ1) is 18.9. The number of methoxy groups -OCH3 is 1. The van der Waals surface area contributed by atoms with Crippen molar-refractivity contribution < 1.29 is 14.3 Å². The maximum absolute atomic E-state index is 12.1. The van der Waals surface area contributed by atoms with Crippen LogP contribution in [0.5, 0.6) is 5.75 Å². The predicted molar refractivity (Wildman–Crippen MR) is 106 cm³/mol. The Labute approximate surface area is 159 Å². The number of carbonyl (C=O) groups excluding carboxylic acids is 2. The van der Waals surface area contributed by atoms with E-state index >= 15 is 0 Å². The van der Waals surface area contributed by atoms with Crippen molar-refractivity contribution in [3.05, 3.63) is 18.2 Å². The topological polar surface area (TPSA) is 70.7 Å². The zero-order valence-corrected chi connectivity index (χ0v) is 16.1. The molecule has 7 heteroatoms. The van der Waals surface area contributed by atoms with Crippen LogP contribution >= 0.6 is 11.8 Å². The molecule has 0 unspecified atom stereocenters. The van der Waals surface area contributed by atoms with Gasteiger partial charge in [0.15, 0.2) is 0 Å². The molecule has 3 rings (SSSR count). The summed E-state index contributed by atoms with van der Waals surface area (Å²) >= 11 is 1.95. The Kier molecular flexibility index (Phi) is 6.66. The molecule has 26 heavy (non-hydrogen) atoms. The zero-order valence-electron chi connectivity index (χ0n) is 15.3. The predicted octanol–water partition coefficient (Wildman–Crippen LogP) is 3.62. The number of hydrogen-bond donors (Lipinski definition) is 2. The number of carbonyl (C=O) groups is 2. The van der Waals surface area contributed by atoms with Gasteiger partial charge in [0, 0.05) is 36.2 Å². The molecule has 6 nitrogen and oxygen atoms in total. The number of nitrogens with one attached hydrogen (secondary N) is 2. The third kappa shape index (κ3) is 4.84. The van der Waals surface area contributed by atoms with Crippen molar-refractivity contribution in [2.45, 2.75) is 43.8 Å². The smallest absolute Gasteiger partial charge is 0.319 e. The van der Waals surface area contributed by atoms with Crippen molar-refractivity contribution in [3.8, 4) is 5.75 Å². The molecule has 0 atom stereocenters. The Morgan fingerprint density at radius 2 is 2.12 bits per heavy atom. The van der Waals surface area contributed by atoms with Gasteiger partial charge in [-0.05, 0) is 37.5 Å². The number of benzene rings is 1. The highest BCUT2D eigenvalue weighted by atomic mass is 32.2. The van der Waals surface area contributed by atoms with Crippen molar-refractivity contribution in [3.63, 3.8) is 0 Å². The molecule has 1 saturated carbocycles. The van der Waals surface area contributed by atoms with Crippen LogP contribution in [0.2, 0.25) is 0 Å². The first-order valence-corrected chi connectivity index (χ1v) is 10.4. The lowest BCUT2D eigenvalue weighted by atomic mass is 10.2. The van der Waals surface area contributed by atoms with E-state index in [-0.39, 0.29) is 11.9 Å². The van der Waals surface area contributed by atoms with E-state index in [4.69, 9.17) is 4.74 Å². The van der Waals surface area contributed by atoms with Crippen LogP contribution in [0.25, 0.3) is 0 Å². The fraction of sp³-hybridized carbons (Fsp3) is 0.579. The highest BCUT2D eigenvalue weighted by Gasteiger charge is 2.25. The number of thioether (sulfide) groups is 1. The number of hydrogen-bond acceptors (Lipinski definition) is 4. The second-order valence-electron chi connectivity index (χ2n) is 6.69. The number of ether oxygens (including phenoxy) is 1. The maximum atomic E-state index is 12.1. The summed E-state index contributed by atoms with van der Waals surface area (Å²) in [6, 6.07) is 5.15. The molecule has 1 aliphatic heterocycles. The van der Waals surface area contributed by atoms with Gasteiger partial charge in [-0.25, -0.2) is 4.79 Å². The lowest BCUT2D eigenvalue weighted by molar-refractivity contribution is -0.117. The Bertz CT molecular complexity index is 647. The van der Waals surface area contributed by atoms with Crippen LogP contribution in [-0.4, -0.2) is 43.1 Å². The van der Waals surface area contributed by atoms with Crippen molar-refractivity contribution in [1.29, 1.82) is 0 Å². The Hall–Kier alpha value is -1.89. The number of rotatable bonds is 7. The van der Waals surface area contributed by atoms with Gasteiger partial charge >= 0.3 is 6.03 Å². The summed E-state index contributed by atoms with van der Waals surface area (Å²) < 4.78 is 5.37. The summed E-state index contributed by atoms with van der Waals surface area (Å²) in [5, 5.41) is 6.51. The summed E-state index contributed by atoms with van der Waals surface area (Å²) in [7, 11) is 1.58. The molecule has 1 aliphatic carbocycles. The first-order valence-electron chi connectivity index (χ1n) is 9.32. The lowest BCUT2D eigenvalue weighted by Crippen LogP contribution is -2.31. The third-order valence-electron chi connectivity index (χ3n) is 4.84. The summed E-state index contributed by atoms with van der Waals surface area (Å²) in [6.45, 7) is 1.34. The molecule has 2 fully saturated rings. The van der Waals surface area contributed by atoms with Crippen molar-refractivity contribution in [2.75, 3.05) is 36.2 Å². The van der Waals surface area contributed by atoms with Gasteiger partial charge in [0.05, 0.1) is 12.8 Å². The van der Waals surface area contributed by atoms with Crippen LogP contribution in [0.1, 0.15) is 38.5 Å². The van der Waals surface area contributed by atoms with Crippen LogP contribution in [0.15, 0.2) is 18.2 Å². The summed E-state index contributed by atoms with van der Waals surface area (Å²) in [4.78, 5) is 25.9. The van der Waals surface area contributed by atoms with Crippen LogP contribution in [0.4, 0.5) is 16.2 Å². The molecule has 1 aromatic rings. The summed E-state index contributed by atoms with van der Waals surface area (Å²) in [5.41, 5.74) is 1.37. The van der Waals surface area contributed by atoms with Crippen LogP contribution in [-0.2, 0) is 4.79 Å². The molecule has 1 heterocycles. The molecule has 2 N–H and O–H groups in total. The molecular formula is C19H27N3O3S. The van der Waals surface area contributed by atoms with Gasteiger partial charge in [0.1, 0.15) is 5.75 Å². The Morgan fingerprint density at radius 1 is 1.31 bits per heavy atom. The van der Waals surface area contributed by atoms with E-state index < -0.39 is 0 Å². The van der Waals surface area contributed by atoms with Crippen molar-refractivity contribution in [1.82, 2.24) is 5.32 Å². The Balaban J connectivity index is 1.51. The molecular weight excluding hydrogens is 350 g/mol. The van der Waals surface area contributed by atoms with E-state index in [1.807, 2.05) is 11.8 Å². The average Bonchev–Trinajstić information content (AvgIpc) is 3.30. The molecule has 0 bridgehead atoms. The van der Waals surface area contributed by atoms with E-state index in [0.29, 0.717) is 36.6 Å². The Morgan fingerprint density at radius 3 is 2.81 bits per heavy atom. The van der Waals surface area contributed by atoms with E-state index in [1.165, 1.54) is 25.7 Å². The van der Waals surface area contributed by atoms with Crippen LogP contribution in [0.3, 0.4) is 0 Å². The standard InChI is InChI=1S/C19H27N3O3S/c1-25-17-9-8-14(13-16(17)22-11-4-7-18(22)23)21-19(24)20-10-12-26-15-5-2-3-6-15/h8-9,13,15H,2-7,10-12H2,1H3,(H2,20,21,24). The highest BCUT2D eigenvalue weighted by Crippen LogP contribution is 2.34. The number of amides is 3. The fourth-order valence-corrected chi connectivity index (χ4v) is 4.72. The molecule has 0 spiro atoms. The van der Waals surface area contributed by atoms with Gasteiger partial charge in [-0.15, -0.1) is 0 Å². The van der Waals surface area contributed by atoms with Gasteiger partial charge in [0.25, 0.3) is 0 Å². The van der Waals surface area contributed by atoms with Gasteiger partial charge in [-0.2, -0.15) is 11.8 Å². The number of nitrogens with zero attached hydrogens (tertiary/aromatic N) is 1. The number of anilines is 2. The van der Waals surface area contributed by atoms with Crippen LogP contribution in [0, 0.1) is 0 Å². The molecule has 2 aliphatic rings. The molecule has 0 radical (unpaired) electrons. The van der Waals surface area contributed by atoms with E-state index in [1.54, 1.807) is 30.2 Å². The molecule has 142 valence electrons. The largest absolute Gasteiger partial charge is 0.495 e. The average molecular weight is 378 g/mol. The second-order valence-corrected chi connectivity index (χ2v) is 8.10. The van der Waals surface area contributed by atoms with Gasteiger partial charge in [-0.3, -0.25) is 4.79 Å². The molecule has 0 aromatic heterocycles. The lowest BCUT2D eigenvalue weighted by Gasteiger charge is -2.20. The van der Waals surface area contributed by atoms with E-state index in [2.05, 4.69) is 10.6 Å². The van der Waals surface area contributed by atoms with Crippen molar-refractivity contribution >= 4 is 35.1 Å². The van der Waals surface area contributed by atoms with E-state index in [0.717, 1.165) is 17.4 Å². The molecule has 3 amide bonds. The SMILES string of the molecule is COc1ccc(NC(=O)NCCSC2CCCC2)cc1N1CCCC1=O. The minimum absolute atomic E-state index is 0.0915. The highest BCUT2D eigenvalue weighted by molar-refractivity contribution is 7.99. The second kappa shape index (κ2) is 9.16. The number of urea groups is 1. The fourth-order valence-electron chi connectivity index (χ4n) is 3.50. The van der Waals surface area contributed by atoms with E-state index in [9.17, 15) is 9.59 Å². The van der Waals surface area contributed by atoms with Gasteiger partial charge in [0.2, 0.25) is 5.91 Å². The molecule has 1 aromatic carbocycles. The van der Waals surface area contributed by atoms with Gasteiger partial charge in [-0.1, -0.05) is 12.8 Å². The minimum atomic E-state index is -0.221. The molecule has 1 saturated heterocycles. The van der Waals surface area contributed by atoms with Gasteiger partial charge < -0.3 is 20.3 Å². The minimum Gasteiger partial charge on any atom is -0.495 e. The normalized spacial score (nSPS) is 17.6. The van der Waals surface area contributed by atoms with Crippen LogP contribution < -0.4 is 20.3 Å². The quantitative estimate of drug-likeness (QED) is 0.712. The maximum Gasteiger partial charge on any atom is 0.319 e. The van der Waals surface area contributed by atoms with Crippen molar-refractivity contribution in [2.24, 2.45) is 0 Å². The third-order valence-corrected chi connectivity index (χ3v) is 6.23. The summed E-state index contributed by atoms with van der Waals surface area (Å²) in [6.07, 6.45) is 6.69.